The molecule has 4 N–H and O–H groups in total. The predicted molar refractivity (Wildman–Crippen MR) is 97.8 cm³/mol. The highest BCUT2D eigenvalue weighted by Crippen LogP contribution is 2.22. The summed E-state index contributed by atoms with van der Waals surface area (Å²) in [4.78, 5) is 12.1. The van der Waals surface area contributed by atoms with Crippen LogP contribution in [0.4, 0.5) is 0 Å². The van der Waals surface area contributed by atoms with Crippen molar-refractivity contribution in [2.75, 3.05) is 13.1 Å². The molecule has 0 saturated heterocycles. The Labute approximate surface area is 155 Å². The smallest absolute Gasteiger partial charge is 0.241 e. The lowest BCUT2D eigenvalue weighted by atomic mass is 10.0. The summed E-state index contributed by atoms with van der Waals surface area (Å²) in [7, 11) is -3.74. The number of rotatable bonds is 8. The topological polar surface area (TPSA) is 111 Å². The average Bonchev–Trinajstić information content (AvgIpc) is 2.99. The van der Waals surface area contributed by atoms with Gasteiger partial charge in [0.2, 0.25) is 15.9 Å². The molecule has 1 heterocycles. The predicted octanol–water partition coefficient (Wildman–Crippen LogP) is 0.907. The highest BCUT2D eigenvalue weighted by atomic mass is 35.5. The maximum atomic E-state index is 12.3. The molecule has 7 nitrogen and oxygen atoms in total. The summed E-state index contributed by atoms with van der Waals surface area (Å²) in [5.41, 5.74) is 7.48. The van der Waals surface area contributed by atoms with E-state index in [1.54, 1.807) is 12.1 Å². The molecule has 1 atom stereocenters. The number of carbonyl (C=O) groups is 1. The van der Waals surface area contributed by atoms with Crippen molar-refractivity contribution in [3.05, 3.63) is 29.3 Å². The third-order valence-electron chi connectivity index (χ3n) is 3.83. The number of halogens is 1. The number of hydrogen-bond acceptors (Lipinski definition) is 5. The van der Waals surface area contributed by atoms with Crippen LogP contribution in [0.2, 0.25) is 0 Å². The van der Waals surface area contributed by atoms with Crippen LogP contribution in [0.5, 0.6) is 0 Å². The first kappa shape index (κ1) is 21.9. The Morgan fingerprint density at radius 1 is 1.28 bits per heavy atom. The van der Waals surface area contributed by atoms with E-state index in [0.717, 1.165) is 17.5 Å². The Balaban J connectivity index is 0.00000312. The average molecular weight is 392 g/mol. The highest BCUT2D eigenvalue weighted by molar-refractivity contribution is 7.89. The number of nitrogens with one attached hydrogen (secondary N) is 2. The van der Waals surface area contributed by atoms with Gasteiger partial charge in [-0.05, 0) is 35.6 Å². The second-order valence-electron chi connectivity index (χ2n) is 6.38. The minimum atomic E-state index is -3.74. The van der Waals surface area contributed by atoms with Crippen molar-refractivity contribution in [3.63, 3.8) is 0 Å². The van der Waals surface area contributed by atoms with Crippen molar-refractivity contribution in [1.82, 2.24) is 10.0 Å². The van der Waals surface area contributed by atoms with E-state index in [1.165, 1.54) is 6.07 Å². The largest absolute Gasteiger partial charge is 0.372 e. The maximum absolute atomic E-state index is 12.3. The zero-order valence-corrected chi connectivity index (χ0v) is 16.1. The van der Waals surface area contributed by atoms with E-state index in [-0.39, 0.29) is 35.8 Å². The van der Waals surface area contributed by atoms with Crippen LogP contribution in [0.25, 0.3) is 0 Å². The van der Waals surface area contributed by atoms with E-state index >= 15 is 0 Å². The molecule has 0 spiro atoms. The molecule has 2 rings (SSSR count). The number of fused-ring (bicyclic) bond motifs is 1. The van der Waals surface area contributed by atoms with Gasteiger partial charge < -0.3 is 15.8 Å². The molecule has 0 bridgehead atoms. The Kier molecular flexibility index (Phi) is 8.30. The molecule has 1 amide bonds. The van der Waals surface area contributed by atoms with Gasteiger partial charge in [0.1, 0.15) is 0 Å². The summed E-state index contributed by atoms with van der Waals surface area (Å²) in [6, 6.07) is 4.70. The molecule has 25 heavy (non-hydrogen) atoms. The van der Waals surface area contributed by atoms with Crippen molar-refractivity contribution < 1.29 is 17.9 Å². The molecule has 0 radical (unpaired) electrons. The van der Waals surface area contributed by atoms with Crippen LogP contribution < -0.4 is 15.8 Å². The fourth-order valence-corrected chi connectivity index (χ4v) is 3.65. The molecule has 0 aromatic heterocycles. The van der Waals surface area contributed by atoms with Crippen molar-refractivity contribution in [2.45, 2.75) is 44.4 Å². The molecule has 1 aliphatic rings. The van der Waals surface area contributed by atoms with Gasteiger partial charge in [0.15, 0.2) is 0 Å². The Hall–Kier alpha value is -1.19. The monoisotopic (exact) mass is 391 g/mol. The summed E-state index contributed by atoms with van der Waals surface area (Å²) < 4.78 is 32.2. The first-order valence-electron chi connectivity index (χ1n) is 8.00. The van der Waals surface area contributed by atoms with Crippen LogP contribution in [-0.2, 0) is 32.8 Å². The summed E-state index contributed by atoms with van der Waals surface area (Å²) in [6.07, 6.45) is 0.750. The zero-order valence-electron chi connectivity index (χ0n) is 14.4. The third kappa shape index (κ3) is 6.23. The maximum Gasteiger partial charge on any atom is 0.241 e. The molecule has 1 unspecified atom stereocenters. The van der Waals surface area contributed by atoms with E-state index < -0.39 is 10.0 Å². The van der Waals surface area contributed by atoms with Gasteiger partial charge in [-0.25, -0.2) is 13.1 Å². The van der Waals surface area contributed by atoms with Crippen LogP contribution in [0, 0.1) is 5.92 Å². The van der Waals surface area contributed by atoms with Gasteiger partial charge in [0, 0.05) is 12.6 Å². The normalized spacial score (nSPS) is 14.7. The quantitative estimate of drug-likeness (QED) is 0.610. The molecular weight excluding hydrogens is 366 g/mol. The lowest BCUT2D eigenvalue weighted by Gasteiger charge is -2.19. The summed E-state index contributed by atoms with van der Waals surface area (Å²) >= 11 is 0. The number of sulfonamides is 1. The van der Waals surface area contributed by atoms with Gasteiger partial charge in [-0.15, -0.1) is 12.4 Å². The van der Waals surface area contributed by atoms with Crippen LogP contribution in [0.3, 0.4) is 0 Å². The van der Waals surface area contributed by atoms with E-state index in [1.807, 2.05) is 13.8 Å². The molecule has 1 aromatic carbocycles. The molecule has 1 aromatic rings. The van der Waals surface area contributed by atoms with Crippen LogP contribution in [-0.4, -0.2) is 33.5 Å². The second-order valence-corrected chi connectivity index (χ2v) is 8.14. The van der Waals surface area contributed by atoms with Gasteiger partial charge in [0.25, 0.3) is 0 Å². The van der Waals surface area contributed by atoms with Crippen LogP contribution in [0.1, 0.15) is 31.4 Å². The van der Waals surface area contributed by atoms with Crippen LogP contribution >= 0.6 is 12.4 Å². The van der Waals surface area contributed by atoms with Crippen molar-refractivity contribution in [2.24, 2.45) is 11.7 Å². The molecular formula is C16H26ClN3O4S. The SMILES string of the molecule is CC(C)CC(CN)NC(=O)CNS(=O)(=O)c1ccc2c(c1)COC2.Cl. The van der Waals surface area contributed by atoms with Gasteiger partial charge in [0.05, 0.1) is 24.7 Å². The number of amides is 1. The number of hydrogen-bond donors (Lipinski definition) is 3. The second kappa shape index (κ2) is 9.49. The molecule has 9 heteroatoms. The standard InChI is InChI=1S/C16H25N3O4S.ClH/c1-11(2)5-14(7-17)19-16(20)8-18-24(21,22)15-4-3-12-9-23-10-13(12)6-15;/h3-4,6,11,14,18H,5,7-10,17H2,1-2H3,(H,19,20);1H. The van der Waals surface area contributed by atoms with E-state index in [4.69, 9.17) is 10.5 Å². The Morgan fingerprint density at radius 3 is 2.60 bits per heavy atom. The molecule has 142 valence electrons. The summed E-state index contributed by atoms with van der Waals surface area (Å²) in [5, 5.41) is 2.75. The fraction of sp³-hybridized carbons (Fsp3) is 0.562. The van der Waals surface area contributed by atoms with Gasteiger partial charge in [-0.2, -0.15) is 0 Å². The fourth-order valence-electron chi connectivity index (χ4n) is 2.62. The van der Waals surface area contributed by atoms with E-state index in [0.29, 0.717) is 25.7 Å². The lowest BCUT2D eigenvalue weighted by molar-refractivity contribution is -0.120. The van der Waals surface area contributed by atoms with Gasteiger partial charge >= 0.3 is 0 Å². The van der Waals surface area contributed by atoms with E-state index in [2.05, 4.69) is 10.0 Å². The Morgan fingerprint density at radius 2 is 1.96 bits per heavy atom. The number of nitrogens with two attached hydrogens (primary N) is 1. The first-order valence-corrected chi connectivity index (χ1v) is 9.48. The van der Waals surface area contributed by atoms with Crippen molar-refractivity contribution >= 4 is 28.3 Å². The molecule has 0 aliphatic carbocycles. The minimum absolute atomic E-state index is 0. The van der Waals surface area contributed by atoms with Gasteiger partial charge in [-0.3, -0.25) is 4.79 Å². The minimum Gasteiger partial charge on any atom is -0.372 e. The van der Waals surface area contributed by atoms with Crippen molar-refractivity contribution in [1.29, 1.82) is 0 Å². The number of carbonyl (C=O) groups excluding carboxylic acids is 1. The third-order valence-corrected chi connectivity index (χ3v) is 5.23. The lowest BCUT2D eigenvalue weighted by Crippen LogP contribution is -2.45. The van der Waals surface area contributed by atoms with Crippen molar-refractivity contribution in [3.8, 4) is 0 Å². The molecule has 0 saturated carbocycles. The number of benzene rings is 1. The summed E-state index contributed by atoms with van der Waals surface area (Å²) in [6.45, 7) is 4.99. The zero-order chi connectivity index (χ0) is 17.7. The number of ether oxygens (including phenoxy) is 1. The molecule has 0 fully saturated rings. The first-order chi connectivity index (χ1) is 11.3. The van der Waals surface area contributed by atoms with Gasteiger partial charge in [-0.1, -0.05) is 19.9 Å². The highest BCUT2D eigenvalue weighted by Gasteiger charge is 2.20. The van der Waals surface area contributed by atoms with Crippen LogP contribution in [0.15, 0.2) is 23.1 Å². The Bertz CT molecular complexity index is 695. The molecule has 1 aliphatic heterocycles. The summed E-state index contributed by atoms with van der Waals surface area (Å²) in [5.74, 6) is 0.00310. The van der Waals surface area contributed by atoms with E-state index in [9.17, 15) is 13.2 Å².